The molecular formula is C22H20ClF5N4O3. The van der Waals surface area contributed by atoms with Crippen LogP contribution in [0.5, 0.6) is 5.75 Å². The highest BCUT2D eigenvalue weighted by molar-refractivity contribution is 6.34. The second kappa shape index (κ2) is 9.42. The standard InChI is InChI=1S/C22H20ClF5N4O3/c1-10(22(26,27)28)35-16-9-11(18-30-20(21(2,3)34)32(4)31-18)15(25)8-12(16)19(33)29-17-13(23)6-5-7-14(17)24/h5-10,34H,1-4H3,(H,29,33). The largest absolute Gasteiger partial charge is 0.480 e. The molecule has 1 aromatic heterocycles. The van der Waals surface area contributed by atoms with Crippen LogP contribution in [0.2, 0.25) is 5.02 Å². The smallest absolute Gasteiger partial charge is 0.425 e. The Balaban J connectivity index is 2.12. The molecule has 35 heavy (non-hydrogen) atoms. The number of aryl methyl sites for hydroxylation is 1. The molecule has 0 fully saturated rings. The van der Waals surface area contributed by atoms with Crippen LogP contribution in [0.4, 0.5) is 27.6 Å². The van der Waals surface area contributed by atoms with Crippen LogP contribution in [0.3, 0.4) is 0 Å². The van der Waals surface area contributed by atoms with E-state index in [0.717, 1.165) is 12.1 Å². The van der Waals surface area contributed by atoms with Gasteiger partial charge in [-0.1, -0.05) is 17.7 Å². The third-order valence-electron chi connectivity index (χ3n) is 4.83. The second-order valence-electron chi connectivity index (χ2n) is 8.12. The fourth-order valence-corrected chi connectivity index (χ4v) is 3.30. The maximum absolute atomic E-state index is 15.1. The summed E-state index contributed by atoms with van der Waals surface area (Å²) in [5.41, 5.74) is -2.94. The van der Waals surface area contributed by atoms with E-state index in [0.29, 0.717) is 13.0 Å². The van der Waals surface area contributed by atoms with E-state index in [-0.39, 0.29) is 22.2 Å². The number of carbonyl (C=O) groups is 1. The summed E-state index contributed by atoms with van der Waals surface area (Å²) in [5, 5.41) is 16.1. The summed E-state index contributed by atoms with van der Waals surface area (Å²) in [5.74, 6) is -4.03. The lowest BCUT2D eigenvalue weighted by Crippen LogP contribution is -2.32. The summed E-state index contributed by atoms with van der Waals surface area (Å²) in [6, 6.07) is 5.02. The van der Waals surface area contributed by atoms with Gasteiger partial charge in [-0.3, -0.25) is 4.79 Å². The fraction of sp³-hybridized carbons (Fsp3) is 0.318. The number of ether oxygens (including phenoxy) is 1. The monoisotopic (exact) mass is 518 g/mol. The van der Waals surface area contributed by atoms with Gasteiger partial charge in [-0.15, -0.1) is 0 Å². The molecule has 13 heteroatoms. The van der Waals surface area contributed by atoms with Crippen LogP contribution in [0.1, 0.15) is 37.0 Å². The maximum atomic E-state index is 15.1. The topological polar surface area (TPSA) is 89.3 Å². The van der Waals surface area contributed by atoms with Gasteiger partial charge in [-0.2, -0.15) is 18.3 Å². The van der Waals surface area contributed by atoms with E-state index in [1.165, 1.54) is 37.7 Å². The Bertz CT molecular complexity index is 1250. The summed E-state index contributed by atoms with van der Waals surface area (Å²) >= 11 is 5.89. The highest BCUT2D eigenvalue weighted by Gasteiger charge is 2.39. The molecule has 0 bridgehead atoms. The van der Waals surface area contributed by atoms with E-state index in [4.69, 9.17) is 16.3 Å². The number of para-hydroxylation sites is 1. The number of alkyl halides is 3. The molecule has 0 saturated carbocycles. The van der Waals surface area contributed by atoms with Gasteiger partial charge in [-0.25, -0.2) is 18.4 Å². The molecule has 1 unspecified atom stereocenters. The molecule has 0 aliphatic carbocycles. The first-order valence-corrected chi connectivity index (χ1v) is 10.4. The molecule has 0 spiro atoms. The van der Waals surface area contributed by atoms with Crippen LogP contribution >= 0.6 is 11.6 Å². The molecule has 1 heterocycles. The van der Waals surface area contributed by atoms with Crippen LogP contribution < -0.4 is 10.1 Å². The number of carbonyl (C=O) groups excluding carboxylic acids is 1. The molecule has 0 radical (unpaired) electrons. The van der Waals surface area contributed by atoms with Crippen LogP contribution in [0, 0.1) is 11.6 Å². The first-order valence-electron chi connectivity index (χ1n) is 10.1. The van der Waals surface area contributed by atoms with Gasteiger partial charge in [0.25, 0.3) is 5.91 Å². The molecule has 3 aromatic rings. The van der Waals surface area contributed by atoms with Gasteiger partial charge in [0, 0.05) is 7.05 Å². The molecule has 1 amide bonds. The third kappa shape index (κ3) is 5.70. The van der Waals surface area contributed by atoms with Crippen molar-refractivity contribution in [3.63, 3.8) is 0 Å². The van der Waals surface area contributed by atoms with Gasteiger partial charge in [-0.05, 0) is 45.0 Å². The number of halogens is 6. The predicted molar refractivity (Wildman–Crippen MR) is 117 cm³/mol. The summed E-state index contributed by atoms with van der Waals surface area (Å²) < 4.78 is 74.9. The average molecular weight is 519 g/mol. The van der Waals surface area contributed by atoms with E-state index >= 15 is 4.39 Å². The normalized spacial score (nSPS) is 13.0. The fourth-order valence-electron chi connectivity index (χ4n) is 3.09. The van der Waals surface area contributed by atoms with Crippen LogP contribution in [0.25, 0.3) is 11.4 Å². The summed E-state index contributed by atoms with van der Waals surface area (Å²) in [7, 11) is 1.44. The molecule has 2 aromatic carbocycles. The van der Waals surface area contributed by atoms with Crippen molar-refractivity contribution in [2.45, 2.75) is 38.7 Å². The number of hydrogen-bond donors (Lipinski definition) is 2. The number of nitrogens with zero attached hydrogens (tertiary/aromatic N) is 3. The molecule has 2 N–H and O–H groups in total. The first kappa shape index (κ1) is 26.4. The Labute approximate surface area is 201 Å². The van der Waals surface area contributed by atoms with Crippen molar-refractivity contribution in [1.29, 1.82) is 0 Å². The van der Waals surface area contributed by atoms with Crippen LogP contribution in [-0.2, 0) is 12.6 Å². The average Bonchev–Trinajstić information content (AvgIpc) is 3.12. The van der Waals surface area contributed by atoms with E-state index in [1.807, 2.05) is 0 Å². The van der Waals surface area contributed by atoms with Crippen molar-refractivity contribution < 1.29 is 36.6 Å². The third-order valence-corrected chi connectivity index (χ3v) is 5.15. The van der Waals surface area contributed by atoms with Gasteiger partial charge >= 0.3 is 6.18 Å². The van der Waals surface area contributed by atoms with Gasteiger partial charge in [0.15, 0.2) is 17.8 Å². The Morgan fingerprint density at radius 1 is 1.20 bits per heavy atom. The zero-order valence-electron chi connectivity index (χ0n) is 18.8. The quantitative estimate of drug-likeness (QED) is 0.437. The Morgan fingerprint density at radius 2 is 1.86 bits per heavy atom. The van der Waals surface area contributed by atoms with Crippen molar-refractivity contribution in [2.75, 3.05) is 5.32 Å². The molecule has 188 valence electrons. The lowest BCUT2D eigenvalue weighted by molar-refractivity contribution is -0.189. The zero-order chi connectivity index (χ0) is 26.3. The van der Waals surface area contributed by atoms with Crippen molar-refractivity contribution in [2.24, 2.45) is 7.05 Å². The Morgan fingerprint density at radius 3 is 2.40 bits per heavy atom. The van der Waals surface area contributed by atoms with Gasteiger partial charge in [0.2, 0.25) is 0 Å². The van der Waals surface area contributed by atoms with E-state index in [9.17, 15) is 27.5 Å². The predicted octanol–water partition coefficient (Wildman–Crippen LogP) is 5.22. The minimum Gasteiger partial charge on any atom is -0.480 e. The van der Waals surface area contributed by atoms with E-state index < -0.39 is 52.4 Å². The van der Waals surface area contributed by atoms with Crippen molar-refractivity contribution in [3.05, 3.63) is 58.4 Å². The van der Waals surface area contributed by atoms with Crippen LogP contribution in [-0.4, -0.2) is 38.1 Å². The number of aromatic nitrogens is 3. The zero-order valence-corrected chi connectivity index (χ0v) is 19.6. The Kier molecular flexibility index (Phi) is 7.09. The minimum absolute atomic E-state index is 0.0500. The number of aliphatic hydroxyl groups is 1. The molecular weight excluding hydrogens is 499 g/mol. The number of amides is 1. The SMILES string of the molecule is CC(Oc1cc(-c2nc(C(C)(C)O)n(C)n2)c(F)cc1C(=O)Nc1c(F)cccc1Cl)C(F)(F)F. The lowest BCUT2D eigenvalue weighted by Gasteiger charge is -2.20. The van der Waals surface area contributed by atoms with Gasteiger partial charge in [0.1, 0.15) is 23.0 Å². The number of anilines is 1. The van der Waals surface area contributed by atoms with Crippen molar-refractivity contribution in [3.8, 4) is 17.1 Å². The highest BCUT2D eigenvalue weighted by atomic mass is 35.5. The number of nitrogens with one attached hydrogen (secondary N) is 1. The first-order chi connectivity index (χ1) is 16.1. The van der Waals surface area contributed by atoms with Crippen LogP contribution in [0.15, 0.2) is 30.3 Å². The van der Waals surface area contributed by atoms with Gasteiger partial charge < -0.3 is 15.2 Å². The number of hydrogen-bond acceptors (Lipinski definition) is 5. The molecule has 7 nitrogen and oxygen atoms in total. The molecule has 3 rings (SSSR count). The molecule has 1 atom stereocenters. The molecule has 0 aliphatic heterocycles. The van der Waals surface area contributed by atoms with E-state index in [2.05, 4.69) is 15.4 Å². The maximum Gasteiger partial charge on any atom is 0.425 e. The molecule has 0 saturated heterocycles. The lowest BCUT2D eigenvalue weighted by atomic mass is 10.1. The number of rotatable bonds is 6. The second-order valence-corrected chi connectivity index (χ2v) is 8.53. The van der Waals surface area contributed by atoms with Crippen molar-refractivity contribution in [1.82, 2.24) is 14.8 Å². The minimum atomic E-state index is -4.81. The summed E-state index contributed by atoms with van der Waals surface area (Å²) in [6.45, 7) is 3.53. The number of benzene rings is 2. The van der Waals surface area contributed by atoms with Gasteiger partial charge in [0.05, 0.1) is 21.8 Å². The molecule has 0 aliphatic rings. The van der Waals surface area contributed by atoms with E-state index in [1.54, 1.807) is 0 Å². The summed E-state index contributed by atoms with van der Waals surface area (Å²) in [4.78, 5) is 16.9. The summed E-state index contributed by atoms with van der Waals surface area (Å²) in [6.07, 6.45) is -7.19. The highest BCUT2D eigenvalue weighted by Crippen LogP contribution is 2.34. The van der Waals surface area contributed by atoms with Crippen molar-refractivity contribution >= 4 is 23.2 Å². The Hall–Kier alpha value is -3.25.